The van der Waals surface area contributed by atoms with E-state index in [-0.39, 0.29) is 0 Å². The van der Waals surface area contributed by atoms with Gasteiger partial charge in [-0.15, -0.1) is 11.3 Å². The number of benzene rings is 1. The molecule has 0 atom stereocenters. The van der Waals surface area contributed by atoms with Crippen LogP contribution in [0.1, 0.15) is 24.8 Å². The standard InChI is InChI=1S/C15H19N5S/c16-14-11-21-15(18-14)19-17-10-12-6-2-3-7-13(12)20-8-4-1-5-9-20/h2-3,6-7,10-11H,1,4-5,8-9,16H2,(H,18,19). The summed E-state index contributed by atoms with van der Waals surface area (Å²) in [5.41, 5.74) is 10.9. The van der Waals surface area contributed by atoms with Crippen LogP contribution < -0.4 is 16.1 Å². The zero-order valence-corrected chi connectivity index (χ0v) is 12.6. The molecule has 0 amide bonds. The summed E-state index contributed by atoms with van der Waals surface area (Å²) in [6.45, 7) is 2.25. The Labute approximate surface area is 128 Å². The summed E-state index contributed by atoms with van der Waals surface area (Å²) in [6, 6.07) is 8.37. The van der Waals surface area contributed by atoms with E-state index in [1.165, 1.54) is 36.3 Å². The molecule has 21 heavy (non-hydrogen) atoms. The molecule has 0 spiro atoms. The van der Waals surface area contributed by atoms with Crippen LogP contribution in [0.4, 0.5) is 16.6 Å². The number of anilines is 3. The maximum absolute atomic E-state index is 5.58. The molecule has 3 rings (SSSR count). The number of nitrogens with two attached hydrogens (primary N) is 1. The fourth-order valence-corrected chi connectivity index (χ4v) is 3.06. The van der Waals surface area contributed by atoms with Crippen molar-refractivity contribution >= 4 is 34.2 Å². The molecule has 2 heterocycles. The second-order valence-corrected chi connectivity index (χ2v) is 5.91. The molecule has 1 aromatic carbocycles. The average molecular weight is 301 g/mol. The molecule has 3 N–H and O–H groups in total. The molecule has 0 bridgehead atoms. The molecule has 1 fully saturated rings. The summed E-state index contributed by atoms with van der Waals surface area (Å²) < 4.78 is 0. The molecule has 1 saturated heterocycles. The van der Waals surface area contributed by atoms with E-state index < -0.39 is 0 Å². The van der Waals surface area contributed by atoms with Crippen molar-refractivity contribution in [2.75, 3.05) is 29.1 Å². The summed E-state index contributed by atoms with van der Waals surface area (Å²) in [5.74, 6) is 0.520. The number of hydrogen-bond acceptors (Lipinski definition) is 6. The molecule has 0 aliphatic carbocycles. The lowest BCUT2D eigenvalue weighted by Crippen LogP contribution is -2.30. The lowest BCUT2D eigenvalue weighted by atomic mass is 10.1. The maximum Gasteiger partial charge on any atom is 0.205 e. The van der Waals surface area contributed by atoms with Crippen molar-refractivity contribution in [3.05, 3.63) is 35.2 Å². The number of piperidine rings is 1. The molecule has 6 heteroatoms. The van der Waals surface area contributed by atoms with Crippen molar-refractivity contribution in [3.8, 4) is 0 Å². The minimum atomic E-state index is 0.520. The van der Waals surface area contributed by atoms with Crippen molar-refractivity contribution in [2.24, 2.45) is 5.10 Å². The fourth-order valence-electron chi connectivity index (χ4n) is 2.51. The third-order valence-corrected chi connectivity index (χ3v) is 4.28. The smallest absolute Gasteiger partial charge is 0.205 e. The van der Waals surface area contributed by atoms with Crippen LogP contribution in [0.3, 0.4) is 0 Å². The lowest BCUT2D eigenvalue weighted by molar-refractivity contribution is 0.578. The van der Waals surface area contributed by atoms with Gasteiger partial charge in [-0.05, 0) is 25.3 Å². The number of rotatable bonds is 4. The Hall–Kier alpha value is -2.08. The second kappa shape index (κ2) is 6.58. The first-order valence-corrected chi connectivity index (χ1v) is 8.05. The number of nitrogens with one attached hydrogen (secondary N) is 1. The third-order valence-electron chi connectivity index (χ3n) is 3.52. The molecular weight excluding hydrogens is 282 g/mol. The van der Waals surface area contributed by atoms with E-state index in [4.69, 9.17) is 5.73 Å². The van der Waals surface area contributed by atoms with Crippen LogP contribution in [0, 0.1) is 0 Å². The van der Waals surface area contributed by atoms with Crippen molar-refractivity contribution < 1.29 is 0 Å². The van der Waals surface area contributed by atoms with E-state index in [2.05, 4.69) is 38.6 Å². The van der Waals surface area contributed by atoms with Gasteiger partial charge in [0.2, 0.25) is 5.13 Å². The Kier molecular flexibility index (Phi) is 4.35. The maximum atomic E-state index is 5.58. The minimum Gasteiger partial charge on any atom is -0.383 e. The van der Waals surface area contributed by atoms with Crippen LogP contribution in [0.15, 0.2) is 34.7 Å². The van der Waals surface area contributed by atoms with Crippen molar-refractivity contribution in [1.82, 2.24) is 4.98 Å². The van der Waals surface area contributed by atoms with E-state index in [1.54, 1.807) is 5.38 Å². The van der Waals surface area contributed by atoms with Gasteiger partial charge < -0.3 is 10.6 Å². The topological polar surface area (TPSA) is 66.5 Å². The van der Waals surface area contributed by atoms with Crippen LogP contribution in [0.2, 0.25) is 0 Å². The molecule has 1 aromatic heterocycles. The van der Waals surface area contributed by atoms with Gasteiger partial charge in [0.15, 0.2) is 0 Å². The van der Waals surface area contributed by atoms with E-state index >= 15 is 0 Å². The van der Waals surface area contributed by atoms with Crippen LogP contribution in [0.25, 0.3) is 0 Å². The molecule has 110 valence electrons. The van der Waals surface area contributed by atoms with E-state index in [1.807, 2.05) is 12.3 Å². The van der Waals surface area contributed by atoms with Crippen molar-refractivity contribution in [3.63, 3.8) is 0 Å². The van der Waals surface area contributed by atoms with Crippen LogP contribution >= 0.6 is 11.3 Å². The highest BCUT2D eigenvalue weighted by Crippen LogP contribution is 2.23. The Morgan fingerprint density at radius 2 is 2.05 bits per heavy atom. The molecule has 5 nitrogen and oxygen atoms in total. The minimum absolute atomic E-state index is 0.520. The summed E-state index contributed by atoms with van der Waals surface area (Å²) in [4.78, 5) is 6.55. The molecule has 2 aromatic rings. The first-order valence-electron chi connectivity index (χ1n) is 7.17. The number of para-hydroxylation sites is 1. The van der Waals surface area contributed by atoms with Gasteiger partial charge in [0.05, 0.1) is 6.21 Å². The number of aromatic nitrogens is 1. The van der Waals surface area contributed by atoms with Gasteiger partial charge in [0.25, 0.3) is 0 Å². The highest BCUT2D eigenvalue weighted by atomic mass is 32.1. The van der Waals surface area contributed by atoms with Gasteiger partial charge in [-0.25, -0.2) is 4.98 Å². The molecule has 1 aliphatic heterocycles. The largest absolute Gasteiger partial charge is 0.383 e. The van der Waals surface area contributed by atoms with E-state index in [0.717, 1.165) is 18.7 Å². The molecule has 0 radical (unpaired) electrons. The normalized spacial score (nSPS) is 15.5. The Bertz CT molecular complexity index is 616. The zero-order chi connectivity index (χ0) is 14.5. The summed E-state index contributed by atoms with van der Waals surface area (Å²) >= 11 is 1.45. The number of hydrazone groups is 1. The number of thiazole rings is 1. The Balaban J connectivity index is 1.72. The predicted octanol–water partition coefficient (Wildman–Crippen LogP) is 3.16. The molecule has 1 aliphatic rings. The van der Waals surface area contributed by atoms with E-state index in [9.17, 15) is 0 Å². The summed E-state index contributed by atoms with van der Waals surface area (Å²) in [7, 11) is 0. The fraction of sp³-hybridized carbons (Fsp3) is 0.333. The first kappa shape index (κ1) is 13.9. The van der Waals surface area contributed by atoms with Crippen LogP contribution in [-0.4, -0.2) is 24.3 Å². The molecule has 0 unspecified atom stereocenters. The van der Waals surface area contributed by atoms with Gasteiger partial charge >= 0.3 is 0 Å². The lowest BCUT2D eigenvalue weighted by Gasteiger charge is -2.29. The van der Waals surface area contributed by atoms with Crippen LogP contribution in [0.5, 0.6) is 0 Å². The van der Waals surface area contributed by atoms with Gasteiger partial charge in [0.1, 0.15) is 5.82 Å². The highest BCUT2D eigenvalue weighted by molar-refractivity contribution is 7.14. The highest BCUT2D eigenvalue weighted by Gasteiger charge is 2.13. The van der Waals surface area contributed by atoms with Crippen molar-refractivity contribution in [1.29, 1.82) is 0 Å². The first-order chi connectivity index (χ1) is 10.3. The number of nitrogen functional groups attached to an aromatic ring is 1. The van der Waals surface area contributed by atoms with Gasteiger partial charge in [-0.3, -0.25) is 5.43 Å². The Morgan fingerprint density at radius 1 is 1.24 bits per heavy atom. The monoisotopic (exact) mass is 301 g/mol. The zero-order valence-electron chi connectivity index (χ0n) is 11.8. The van der Waals surface area contributed by atoms with Gasteiger partial charge in [0, 0.05) is 29.7 Å². The van der Waals surface area contributed by atoms with Crippen molar-refractivity contribution in [2.45, 2.75) is 19.3 Å². The second-order valence-electron chi connectivity index (χ2n) is 5.05. The van der Waals surface area contributed by atoms with Gasteiger partial charge in [-0.2, -0.15) is 5.10 Å². The Morgan fingerprint density at radius 3 is 2.81 bits per heavy atom. The number of nitrogens with zero attached hydrogens (tertiary/aromatic N) is 3. The van der Waals surface area contributed by atoms with Gasteiger partial charge in [-0.1, -0.05) is 18.2 Å². The average Bonchev–Trinajstić information content (AvgIpc) is 2.94. The molecular formula is C15H19N5S. The molecule has 0 saturated carbocycles. The van der Waals surface area contributed by atoms with Crippen LogP contribution in [-0.2, 0) is 0 Å². The SMILES string of the molecule is Nc1csc(NN=Cc2ccccc2N2CCCCC2)n1. The summed E-state index contributed by atoms with van der Waals surface area (Å²) in [6.07, 6.45) is 5.71. The summed E-state index contributed by atoms with van der Waals surface area (Å²) in [5, 5.41) is 6.77. The predicted molar refractivity (Wildman–Crippen MR) is 90.2 cm³/mol. The third kappa shape index (κ3) is 3.52. The number of hydrogen-bond donors (Lipinski definition) is 2. The van der Waals surface area contributed by atoms with E-state index in [0.29, 0.717) is 10.9 Å². The quantitative estimate of drug-likeness (QED) is 0.672.